The third-order valence-electron chi connectivity index (χ3n) is 4.68. The van der Waals surface area contributed by atoms with Crippen molar-refractivity contribution < 1.29 is 27.4 Å². The van der Waals surface area contributed by atoms with Gasteiger partial charge in [0, 0.05) is 19.2 Å². The van der Waals surface area contributed by atoms with Crippen LogP contribution in [0.3, 0.4) is 0 Å². The molecule has 0 unspecified atom stereocenters. The van der Waals surface area contributed by atoms with Crippen molar-refractivity contribution in [1.82, 2.24) is 4.31 Å². The van der Waals surface area contributed by atoms with Crippen molar-refractivity contribution >= 4 is 27.7 Å². The second-order valence-electron chi connectivity index (χ2n) is 6.62. The lowest BCUT2D eigenvalue weighted by Crippen LogP contribution is -2.30. The van der Waals surface area contributed by atoms with Crippen molar-refractivity contribution in [2.45, 2.75) is 25.7 Å². The average molecular weight is 447 g/mol. The number of anilines is 1. The monoisotopic (exact) mass is 446 g/mol. The molecule has 2 aromatic rings. The largest absolute Gasteiger partial charge is 0.492 e. The Morgan fingerprint density at radius 3 is 2.55 bits per heavy atom. The molecular weight excluding hydrogens is 420 g/mol. The predicted molar refractivity (Wildman–Crippen MR) is 118 cm³/mol. The maximum absolute atomic E-state index is 12.8. The van der Waals surface area contributed by atoms with E-state index in [1.807, 2.05) is 6.92 Å². The summed E-state index contributed by atoms with van der Waals surface area (Å²) in [7, 11) is -3.67. The molecule has 0 atom stereocenters. The van der Waals surface area contributed by atoms with Crippen LogP contribution >= 0.6 is 0 Å². The van der Waals surface area contributed by atoms with Crippen LogP contribution in [0.5, 0.6) is 17.2 Å². The van der Waals surface area contributed by atoms with Crippen molar-refractivity contribution in [3.8, 4) is 17.2 Å². The molecule has 0 spiro atoms. The van der Waals surface area contributed by atoms with Crippen molar-refractivity contribution in [3.05, 3.63) is 48.0 Å². The van der Waals surface area contributed by atoms with Crippen LogP contribution in [-0.4, -0.2) is 45.1 Å². The van der Waals surface area contributed by atoms with Gasteiger partial charge in [0.15, 0.2) is 11.5 Å². The molecule has 1 N–H and O–H groups in total. The summed E-state index contributed by atoms with van der Waals surface area (Å²) in [5, 5.41) is 2.72. The molecule has 0 aliphatic carbocycles. The van der Waals surface area contributed by atoms with Gasteiger partial charge in [0.1, 0.15) is 5.75 Å². The van der Waals surface area contributed by atoms with Crippen molar-refractivity contribution in [1.29, 1.82) is 0 Å². The van der Waals surface area contributed by atoms with Crippen LogP contribution in [-0.2, 0) is 14.8 Å². The quantitative estimate of drug-likeness (QED) is 0.593. The summed E-state index contributed by atoms with van der Waals surface area (Å²) in [6.07, 6.45) is 2.99. The standard InChI is InChI=1S/C22H26N2O6S/c1-4-24(5-2)31(26,27)17-9-11-19(28-6-3)18(14-17)23-22(25)12-8-16-7-10-20-21(13-16)30-15-29-20/h7-14H,4-6,15H2,1-3H3,(H,23,25). The second kappa shape index (κ2) is 9.84. The highest BCUT2D eigenvalue weighted by atomic mass is 32.2. The van der Waals surface area contributed by atoms with E-state index in [9.17, 15) is 13.2 Å². The van der Waals surface area contributed by atoms with E-state index in [4.69, 9.17) is 14.2 Å². The highest BCUT2D eigenvalue weighted by molar-refractivity contribution is 7.89. The summed E-state index contributed by atoms with van der Waals surface area (Å²) in [6.45, 7) is 6.62. The van der Waals surface area contributed by atoms with Crippen LogP contribution in [0.4, 0.5) is 5.69 Å². The Balaban J connectivity index is 1.82. The minimum atomic E-state index is -3.67. The number of amides is 1. The predicted octanol–water partition coefficient (Wildman–Crippen LogP) is 3.50. The number of carbonyl (C=O) groups is 1. The van der Waals surface area contributed by atoms with Crippen LogP contribution in [0.2, 0.25) is 0 Å². The molecule has 0 saturated carbocycles. The van der Waals surface area contributed by atoms with Crippen LogP contribution < -0.4 is 19.5 Å². The molecule has 8 nitrogen and oxygen atoms in total. The maximum Gasteiger partial charge on any atom is 0.248 e. The van der Waals surface area contributed by atoms with Gasteiger partial charge in [-0.05, 0) is 48.9 Å². The molecule has 2 aromatic carbocycles. The van der Waals surface area contributed by atoms with E-state index in [1.54, 1.807) is 44.2 Å². The zero-order valence-corrected chi connectivity index (χ0v) is 18.6. The van der Waals surface area contributed by atoms with Gasteiger partial charge in [0.25, 0.3) is 0 Å². The Hall–Kier alpha value is -3.04. The molecule has 1 aliphatic rings. The summed E-state index contributed by atoms with van der Waals surface area (Å²) in [5.41, 5.74) is 1.05. The average Bonchev–Trinajstić information content (AvgIpc) is 3.22. The van der Waals surface area contributed by atoms with E-state index in [0.717, 1.165) is 5.56 Å². The molecule has 166 valence electrons. The van der Waals surface area contributed by atoms with Crippen LogP contribution in [0, 0.1) is 0 Å². The highest BCUT2D eigenvalue weighted by Crippen LogP contribution is 2.33. The molecule has 1 amide bonds. The van der Waals surface area contributed by atoms with Crippen LogP contribution in [0.1, 0.15) is 26.3 Å². The summed E-state index contributed by atoms with van der Waals surface area (Å²) in [5.74, 6) is 1.26. The first-order valence-corrected chi connectivity index (χ1v) is 11.5. The molecule has 0 aromatic heterocycles. The number of hydrogen-bond acceptors (Lipinski definition) is 6. The number of ether oxygens (including phenoxy) is 3. The number of sulfonamides is 1. The first kappa shape index (κ1) is 22.6. The highest BCUT2D eigenvalue weighted by Gasteiger charge is 2.23. The number of hydrogen-bond donors (Lipinski definition) is 1. The van der Waals surface area contributed by atoms with Crippen molar-refractivity contribution in [2.24, 2.45) is 0 Å². The fourth-order valence-corrected chi connectivity index (χ4v) is 4.61. The van der Waals surface area contributed by atoms with E-state index in [2.05, 4.69) is 5.32 Å². The second-order valence-corrected chi connectivity index (χ2v) is 8.55. The van der Waals surface area contributed by atoms with E-state index in [0.29, 0.717) is 36.9 Å². The number of nitrogens with one attached hydrogen (secondary N) is 1. The lowest BCUT2D eigenvalue weighted by Gasteiger charge is -2.19. The van der Waals surface area contributed by atoms with Gasteiger partial charge >= 0.3 is 0 Å². The van der Waals surface area contributed by atoms with Gasteiger partial charge in [-0.3, -0.25) is 4.79 Å². The third kappa shape index (κ3) is 5.18. The zero-order valence-electron chi connectivity index (χ0n) is 17.8. The maximum atomic E-state index is 12.8. The molecule has 0 radical (unpaired) electrons. The summed E-state index contributed by atoms with van der Waals surface area (Å²) in [6, 6.07) is 9.81. The van der Waals surface area contributed by atoms with E-state index >= 15 is 0 Å². The van der Waals surface area contributed by atoms with E-state index in [1.165, 1.54) is 22.5 Å². The summed E-state index contributed by atoms with van der Waals surface area (Å²) >= 11 is 0. The number of nitrogens with zero attached hydrogens (tertiary/aromatic N) is 1. The van der Waals surface area contributed by atoms with Gasteiger partial charge in [-0.2, -0.15) is 4.31 Å². The Kier molecular flexibility index (Phi) is 7.19. The molecular formula is C22H26N2O6S. The van der Waals surface area contributed by atoms with E-state index < -0.39 is 15.9 Å². The molecule has 1 heterocycles. The Morgan fingerprint density at radius 2 is 1.84 bits per heavy atom. The topological polar surface area (TPSA) is 94.2 Å². The molecule has 1 aliphatic heterocycles. The summed E-state index contributed by atoms with van der Waals surface area (Å²) < 4.78 is 43.2. The van der Waals surface area contributed by atoms with Gasteiger partial charge in [-0.15, -0.1) is 0 Å². The molecule has 31 heavy (non-hydrogen) atoms. The van der Waals surface area contributed by atoms with Crippen LogP contribution in [0.15, 0.2) is 47.4 Å². The van der Waals surface area contributed by atoms with Gasteiger partial charge < -0.3 is 19.5 Å². The molecule has 0 bridgehead atoms. The van der Waals surface area contributed by atoms with Crippen molar-refractivity contribution in [3.63, 3.8) is 0 Å². The van der Waals surface area contributed by atoms with Gasteiger partial charge in [-0.1, -0.05) is 19.9 Å². The molecule has 3 rings (SSSR count). The lowest BCUT2D eigenvalue weighted by molar-refractivity contribution is -0.111. The van der Waals surface area contributed by atoms with Gasteiger partial charge in [0.2, 0.25) is 22.7 Å². The fraction of sp³-hybridized carbons (Fsp3) is 0.318. The minimum absolute atomic E-state index is 0.0923. The first-order valence-electron chi connectivity index (χ1n) is 10.0. The Morgan fingerprint density at radius 1 is 1.10 bits per heavy atom. The number of benzene rings is 2. The SMILES string of the molecule is CCOc1ccc(S(=O)(=O)N(CC)CC)cc1NC(=O)C=Cc1ccc2c(c1)OCO2. The Bertz CT molecular complexity index is 1080. The fourth-order valence-electron chi connectivity index (χ4n) is 3.12. The summed E-state index contributed by atoms with van der Waals surface area (Å²) in [4.78, 5) is 12.6. The van der Waals surface area contributed by atoms with E-state index in [-0.39, 0.29) is 17.4 Å². The first-order chi connectivity index (χ1) is 14.9. The third-order valence-corrected chi connectivity index (χ3v) is 6.72. The lowest BCUT2D eigenvalue weighted by atomic mass is 10.2. The molecule has 9 heteroatoms. The Labute approximate surface area is 182 Å². The molecule has 0 saturated heterocycles. The van der Waals surface area contributed by atoms with Gasteiger partial charge in [0.05, 0.1) is 17.2 Å². The molecule has 0 fully saturated rings. The zero-order chi connectivity index (χ0) is 22.4. The number of rotatable bonds is 9. The number of fused-ring (bicyclic) bond motifs is 1. The van der Waals surface area contributed by atoms with Crippen LogP contribution in [0.25, 0.3) is 6.08 Å². The minimum Gasteiger partial charge on any atom is -0.492 e. The number of carbonyl (C=O) groups excluding carboxylic acids is 1. The smallest absolute Gasteiger partial charge is 0.248 e. The van der Waals surface area contributed by atoms with Crippen molar-refractivity contribution in [2.75, 3.05) is 31.8 Å². The normalized spacial score (nSPS) is 13.0. The van der Waals surface area contributed by atoms with Gasteiger partial charge in [-0.25, -0.2) is 8.42 Å².